The largest absolute Gasteiger partial charge is 0.457 e. The number of hydrogen-bond acceptors (Lipinski definition) is 11. The normalized spacial score (nSPS) is 39.2. The molecule has 1 aromatic heterocycles. The number of hydrogen-bond donors (Lipinski definition) is 1. The molecule has 11 nitrogen and oxygen atoms in total. The van der Waals surface area contributed by atoms with Crippen molar-refractivity contribution in [1.29, 1.82) is 0 Å². The number of ether oxygens (including phenoxy) is 5. The predicted octanol–water partition coefficient (Wildman–Crippen LogP) is 6.30. The number of likely N-dealkylation sites (N-methyl/N-ethyl adjacent to an activating group) is 1. The quantitative estimate of drug-likeness (QED) is 0.184. The summed E-state index contributed by atoms with van der Waals surface area (Å²) in [5.41, 5.74) is -3.43. The predicted molar refractivity (Wildman–Crippen MR) is 211 cm³/mol. The highest BCUT2D eigenvalue weighted by atomic mass is 19.1. The molecule has 0 saturated carbocycles. The Morgan fingerprint density at radius 3 is 2.46 bits per heavy atom. The van der Waals surface area contributed by atoms with E-state index in [0.29, 0.717) is 12.0 Å². The van der Waals surface area contributed by atoms with Crippen molar-refractivity contribution in [3.63, 3.8) is 0 Å². The Balaban J connectivity index is 1.59. The average molecular weight is 781 g/mol. The molecule has 3 saturated heterocycles. The van der Waals surface area contributed by atoms with Gasteiger partial charge in [0.05, 0.1) is 36.5 Å². The maximum atomic E-state index is 16.9. The smallest absolute Gasteiger partial charge is 0.351 e. The number of halogens is 1. The summed E-state index contributed by atoms with van der Waals surface area (Å²) < 4.78 is 48.5. The molecule has 56 heavy (non-hydrogen) atoms. The molecule has 0 aliphatic carbocycles. The lowest BCUT2D eigenvalue weighted by Crippen LogP contribution is -2.61. The van der Waals surface area contributed by atoms with E-state index in [4.69, 9.17) is 23.7 Å². The number of carbonyl (C=O) groups excluding carboxylic acids is 3. The van der Waals surface area contributed by atoms with Crippen LogP contribution >= 0.6 is 0 Å². The fraction of sp³-hybridized carbons (Fsp3) is 0.636. The Morgan fingerprint density at radius 2 is 1.79 bits per heavy atom. The second kappa shape index (κ2) is 17.2. The van der Waals surface area contributed by atoms with E-state index in [-0.39, 0.29) is 44.0 Å². The van der Waals surface area contributed by atoms with Gasteiger partial charge in [0, 0.05) is 41.3 Å². The van der Waals surface area contributed by atoms with Crippen molar-refractivity contribution in [3.05, 3.63) is 60.3 Å². The molecule has 3 aliphatic rings. The van der Waals surface area contributed by atoms with Gasteiger partial charge in [0.15, 0.2) is 12.1 Å². The number of aromatic nitrogens is 1. The van der Waals surface area contributed by atoms with Gasteiger partial charge in [-0.05, 0) is 84.3 Å². The van der Waals surface area contributed by atoms with Crippen LogP contribution < -0.4 is 0 Å². The molecule has 4 heterocycles. The number of nitrogens with zero attached hydrogens (tertiary/aromatic N) is 2. The molecule has 1 aromatic carbocycles. The van der Waals surface area contributed by atoms with E-state index in [2.05, 4.69) is 11.6 Å². The van der Waals surface area contributed by atoms with Crippen molar-refractivity contribution in [2.45, 2.75) is 128 Å². The van der Waals surface area contributed by atoms with Crippen LogP contribution in [0.3, 0.4) is 0 Å². The van der Waals surface area contributed by atoms with Crippen LogP contribution in [0.2, 0.25) is 0 Å². The van der Waals surface area contributed by atoms with Crippen LogP contribution in [0.5, 0.6) is 0 Å². The lowest BCUT2D eigenvalue weighted by molar-refractivity contribution is -0.297. The van der Waals surface area contributed by atoms with E-state index in [9.17, 15) is 19.5 Å². The minimum atomic E-state index is -3.11. The van der Waals surface area contributed by atoms with E-state index < -0.39 is 76.9 Å². The Labute approximate surface area is 330 Å². The molecule has 12 heteroatoms. The van der Waals surface area contributed by atoms with Gasteiger partial charge in [-0.25, -0.2) is 9.18 Å². The molecule has 2 aromatic rings. The van der Waals surface area contributed by atoms with Gasteiger partial charge >= 0.3 is 5.97 Å². The fourth-order valence-electron chi connectivity index (χ4n) is 9.26. The minimum absolute atomic E-state index is 0.00379. The van der Waals surface area contributed by atoms with Gasteiger partial charge in [0.1, 0.15) is 23.6 Å². The second-order valence-electron chi connectivity index (χ2n) is 17.0. The number of Topliss-reactive ketones (excluding diaryl/α,β-unsaturated/α-hetero) is 2. The first-order valence-electron chi connectivity index (χ1n) is 19.9. The minimum Gasteiger partial charge on any atom is -0.457 e. The van der Waals surface area contributed by atoms with Gasteiger partial charge in [-0.1, -0.05) is 64.6 Å². The van der Waals surface area contributed by atoms with E-state index in [1.807, 2.05) is 69.3 Å². The highest BCUT2D eigenvalue weighted by molar-refractivity contribution is 6.07. The van der Waals surface area contributed by atoms with Gasteiger partial charge in [0.2, 0.25) is 0 Å². The average Bonchev–Trinajstić information content (AvgIpc) is 3.47. The van der Waals surface area contributed by atoms with Crippen LogP contribution in [0.1, 0.15) is 80.2 Å². The maximum absolute atomic E-state index is 16.9. The summed E-state index contributed by atoms with van der Waals surface area (Å²) in [5.74, 6) is -5.78. The highest BCUT2D eigenvalue weighted by Crippen LogP contribution is 2.47. The molecule has 1 N–H and O–H groups in total. The van der Waals surface area contributed by atoms with Gasteiger partial charge in [-0.2, -0.15) is 0 Å². The van der Waals surface area contributed by atoms with Gasteiger partial charge in [-0.3, -0.25) is 14.6 Å². The Bertz CT molecular complexity index is 1800. The van der Waals surface area contributed by atoms with Crippen LogP contribution in [0, 0.1) is 23.7 Å². The first kappa shape index (κ1) is 43.7. The van der Waals surface area contributed by atoms with Crippen molar-refractivity contribution < 1.29 is 47.6 Å². The third-order valence-electron chi connectivity index (χ3n) is 12.3. The van der Waals surface area contributed by atoms with Gasteiger partial charge in [0.25, 0.3) is 5.67 Å². The monoisotopic (exact) mass is 780 g/mol. The molecule has 0 radical (unpaired) electrons. The van der Waals surface area contributed by atoms with Crippen molar-refractivity contribution in [2.24, 2.45) is 23.7 Å². The summed E-state index contributed by atoms with van der Waals surface area (Å²) in [6.07, 6.45) is 1.16. The van der Waals surface area contributed by atoms with Crippen LogP contribution in [-0.2, 0) is 38.1 Å². The Kier molecular flexibility index (Phi) is 13.4. The summed E-state index contributed by atoms with van der Waals surface area (Å²) >= 11 is 0. The molecular weight excluding hydrogens is 719 g/mol. The molecule has 2 unspecified atom stereocenters. The molecule has 3 aliphatic heterocycles. The Hall–Kier alpha value is -3.39. The molecule has 308 valence electrons. The van der Waals surface area contributed by atoms with Crippen LogP contribution in [0.15, 0.2) is 54.8 Å². The zero-order chi connectivity index (χ0) is 41.3. The lowest BCUT2D eigenvalue weighted by Gasteiger charge is -2.47. The molecule has 3 fully saturated rings. The van der Waals surface area contributed by atoms with E-state index in [1.54, 1.807) is 40.0 Å². The van der Waals surface area contributed by atoms with Crippen molar-refractivity contribution in [3.8, 4) is 0 Å². The maximum Gasteiger partial charge on any atom is 0.351 e. The number of fused-ring (bicyclic) bond motifs is 2. The number of aliphatic hydroxyl groups is 1. The number of esters is 1. The number of aliphatic hydroxyl groups excluding tert-OH is 1. The molecule has 0 bridgehead atoms. The highest BCUT2D eigenvalue weighted by Gasteiger charge is 2.58. The number of benzene rings is 1. The van der Waals surface area contributed by atoms with Gasteiger partial charge < -0.3 is 33.7 Å². The summed E-state index contributed by atoms with van der Waals surface area (Å²) in [6.45, 7) is 17.5. The second-order valence-corrected chi connectivity index (χ2v) is 17.0. The Morgan fingerprint density at radius 1 is 1.09 bits per heavy atom. The number of pyridine rings is 1. The number of para-hydroxylation sites is 1. The number of carbonyl (C=O) groups is 3. The lowest BCUT2D eigenvalue weighted by atomic mass is 9.69. The number of rotatable bonds is 8. The fourth-order valence-corrected chi connectivity index (χ4v) is 9.26. The van der Waals surface area contributed by atoms with Crippen LogP contribution in [0.25, 0.3) is 17.0 Å². The third-order valence-corrected chi connectivity index (χ3v) is 12.3. The summed E-state index contributed by atoms with van der Waals surface area (Å²) in [6, 6.07) is 9.41. The topological polar surface area (TPSA) is 134 Å². The summed E-state index contributed by atoms with van der Waals surface area (Å²) in [4.78, 5) is 49.2. The zero-order valence-corrected chi connectivity index (χ0v) is 34.6. The molecular formula is C44H61FN2O9. The van der Waals surface area contributed by atoms with E-state index in [0.717, 1.165) is 23.4 Å². The van der Waals surface area contributed by atoms with Crippen LogP contribution in [0.4, 0.5) is 4.39 Å². The number of ketones is 2. The van der Waals surface area contributed by atoms with Crippen molar-refractivity contribution in [2.75, 3.05) is 27.3 Å². The first-order valence-corrected chi connectivity index (χ1v) is 19.9. The van der Waals surface area contributed by atoms with E-state index in [1.165, 1.54) is 6.92 Å². The van der Waals surface area contributed by atoms with Crippen LogP contribution in [-0.4, -0.2) is 113 Å². The van der Waals surface area contributed by atoms with Gasteiger partial charge in [-0.15, -0.1) is 0 Å². The summed E-state index contributed by atoms with van der Waals surface area (Å²) in [5, 5.41) is 12.5. The first-order chi connectivity index (χ1) is 26.2. The number of alkyl halides is 1. The zero-order valence-electron chi connectivity index (χ0n) is 34.6. The van der Waals surface area contributed by atoms with E-state index >= 15 is 4.39 Å². The standard InChI is InChI=1S/C44H61FN2O9/c1-12-34-44(9)35(26(3)24-53-44)28(5)36(48)25(2)22-42(7,52-19-15-16-30-21-31-17-13-14-18-32(31)46-23-30)39(29(6)38(50)43(8,45)41(51)55-34)56-40-37(49)33(47(10)11)20-27(4)54-40/h13-18,21,23,25,27-29,33-35,37,39-40,49H,3,12,19-20,22,24H2,1-2,4-11H3/b16-15+/t25-,27-,28?,29+,33+,34-,35+,37-,39-,40+,42-,43?,44-/m1/s1. The third kappa shape index (κ3) is 8.71. The van der Waals surface area contributed by atoms with Crippen molar-refractivity contribution in [1.82, 2.24) is 9.88 Å². The number of cyclic esters (lactones) is 1. The molecule has 0 spiro atoms. The SMILES string of the molecule is C=C1CO[C@]2(C)[C@@H](CC)OC(=O)C(C)(F)C(=O)[C@H](C)[C@@H](O[C@@H]3O[C@H](C)C[C@H](N(C)C)[C@H]3O)[C@](C)(OC/C=C/c3cnc4ccccc4c3)C[C@@H](C)C(=O)C(C)[C@H]12. The molecule has 0 amide bonds. The summed E-state index contributed by atoms with van der Waals surface area (Å²) in [7, 11) is 3.68. The molecule has 13 atom stereocenters. The van der Waals surface area contributed by atoms with Crippen molar-refractivity contribution >= 4 is 34.5 Å². The molecule has 5 rings (SSSR count).